The number of hydrogen-bond donors (Lipinski definition) is 1. The number of hydrogen-bond acceptors (Lipinski definition) is 5. The van der Waals surface area contributed by atoms with Gasteiger partial charge in [0.05, 0.1) is 18.7 Å². The molecule has 154 valence electrons. The van der Waals surface area contributed by atoms with Crippen LogP contribution in [-0.2, 0) is 0 Å². The Morgan fingerprint density at radius 2 is 1.87 bits per heavy atom. The number of benzene rings is 2. The molecule has 0 aliphatic carbocycles. The Hall–Kier alpha value is -3.61. The van der Waals surface area contributed by atoms with E-state index in [9.17, 15) is 4.79 Å². The molecule has 1 atom stereocenters. The summed E-state index contributed by atoms with van der Waals surface area (Å²) in [5.41, 5.74) is 3.41. The second kappa shape index (κ2) is 8.41. The minimum atomic E-state index is -0.365. The van der Waals surface area contributed by atoms with E-state index >= 15 is 0 Å². The number of aromatic nitrogens is 2. The van der Waals surface area contributed by atoms with E-state index < -0.39 is 0 Å². The second-order valence-corrected chi connectivity index (χ2v) is 7.10. The van der Waals surface area contributed by atoms with Crippen LogP contribution in [-0.4, -0.2) is 34.7 Å². The summed E-state index contributed by atoms with van der Waals surface area (Å²) in [6.07, 6.45) is 0.842. The fourth-order valence-corrected chi connectivity index (χ4v) is 3.64. The molecule has 0 spiro atoms. The third kappa shape index (κ3) is 3.66. The lowest BCUT2D eigenvalue weighted by Crippen LogP contribution is -2.46. The molecule has 1 N–H and O–H groups in total. The molecule has 4 rings (SSSR count). The maximum atomic E-state index is 12.7. The van der Waals surface area contributed by atoms with Crippen molar-refractivity contribution < 1.29 is 14.1 Å². The van der Waals surface area contributed by atoms with E-state index in [0.717, 1.165) is 34.6 Å². The van der Waals surface area contributed by atoms with Crippen LogP contribution in [0.1, 0.15) is 37.8 Å². The number of methoxy groups -OCH3 is 1. The van der Waals surface area contributed by atoms with Crippen LogP contribution in [0.25, 0.3) is 17.0 Å². The molecular weight excluding hydrogens is 380 g/mol. The molecule has 2 aromatic carbocycles. The number of rotatable bonds is 6. The summed E-state index contributed by atoms with van der Waals surface area (Å²) in [5, 5.41) is 7.27. The van der Waals surface area contributed by atoms with Gasteiger partial charge in [-0.1, -0.05) is 42.4 Å². The minimum Gasteiger partial charge on any atom is -0.497 e. The lowest BCUT2D eigenvalue weighted by atomic mass is 9.94. The quantitative estimate of drug-likeness (QED) is 0.647. The van der Waals surface area contributed by atoms with Gasteiger partial charge in [0.25, 0.3) is 5.89 Å². The lowest BCUT2D eigenvalue weighted by Gasteiger charge is -2.35. The first-order valence-electron chi connectivity index (χ1n) is 9.94. The Morgan fingerprint density at radius 3 is 2.53 bits per heavy atom. The standard InChI is InChI=1S/C23H24N4O3/c1-4-14-27-15(2)19(20(24-23(27)28)16-8-6-5-7-9-16)22-25-21(26-30-22)17-10-12-18(29-3)13-11-17/h5-13,20H,4,14H2,1-3H3,(H,24,28). The molecule has 0 saturated heterocycles. The van der Waals surface area contributed by atoms with E-state index in [1.54, 1.807) is 12.0 Å². The van der Waals surface area contributed by atoms with Gasteiger partial charge in [-0.25, -0.2) is 4.79 Å². The highest BCUT2D eigenvalue weighted by atomic mass is 16.5. The van der Waals surface area contributed by atoms with Crippen LogP contribution in [0.3, 0.4) is 0 Å². The Morgan fingerprint density at radius 1 is 1.13 bits per heavy atom. The van der Waals surface area contributed by atoms with Gasteiger partial charge in [-0.05, 0) is 43.2 Å². The summed E-state index contributed by atoms with van der Waals surface area (Å²) in [5.74, 6) is 1.64. The highest BCUT2D eigenvalue weighted by Crippen LogP contribution is 2.37. The SMILES string of the molecule is CCCN1C(=O)NC(c2ccccc2)C(c2nc(-c3ccc(OC)cc3)no2)=C1C. The monoisotopic (exact) mass is 404 g/mol. The van der Waals surface area contributed by atoms with E-state index in [1.165, 1.54) is 0 Å². The first-order valence-corrected chi connectivity index (χ1v) is 9.94. The third-order valence-corrected chi connectivity index (χ3v) is 5.18. The van der Waals surface area contributed by atoms with Crippen LogP contribution in [0.4, 0.5) is 4.79 Å². The molecule has 2 amide bonds. The van der Waals surface area contributed by atoms with Crippen molar-refractivity contribution in [3.8, 4) is 17.1 Å². The van der Waals surface area contributed by atoms with E-state index in [1.807, 2.05) is 68.4 Å². The van der Waals surface area contributed by atoms with Crippen molar-refractivity contribution in [1.82, 2.24) is 20.4 Å². The first-order chi connectivity index (χ1) is 14.6. The molecule has 3 aromatic rings. The molecule has 1 aliphatic heterocycles. The van der Waals surface area contributed by atoms with Gasteiger partial charge in [0, 0.05) is 17.8 Å². The summed E-state index contributed by atoms with van der Waals surface area (Å²) in [7, 11) is 1.62. The van der Waals surface area contributed by atoms with Gasteiger partial charge in [-0.15, -0.1) is 0 Å². The van der Waals surface area contributed by atoms with Gasteiger partial charge < -0.3 is 14.6 Å². The molecule has 1 aliphatic rings. The van der Waals surface area contributed by atoms with Crippen molar-refractivity contribution in [3.63, 3.8) is 0 Å². The van der Waals surface area contributed by atoms with Crippen molar-refractivity contribution in [1.29, 1.82) is 0 Å². The highest BCUT2D eigenvalue weighted by Gasteiger charge is 2.35. The number of nitrogens with one attached hydrogen (secondary N) is 1. The van der Waals surface area contributed by atoms with Gasteiger partial charge in [-0.3, -0.25) is 4.90 Å². The smallest absolute Gasteiger partial charge is 0.322 e. The van der Waals surface area contributed by atoms with Crippen molar-refractivity contribution in [3.05, 3.63) is 71.7 Å². The Balaban J connectivity index is 1.77. The number of allylic oxidation sites excluding steroid dienone is 1. The zero-order valence-corrected chi connectivity index (χ0v) is 17.3. The fourth-order valence-electron chi connectivity index (χ4n) is 3.64. The Bertz CT molecular complexity index is 1060. The van der Waals surface area contributed by atoms with E-state index in [0.29, 0.717) is 18.3 Å². The van der Waals surface area contributed by atoms with E-state index in [2.05, 4.69) is 15.5 Å². The average molecular weight is 404 g/mol. The van der Waals surface area contributed by atoms with Gasteiger partial charge in [0.15, 0.2) is 0 Å². The lowest BCUT2D eigenvalue weighted by molar-refractivity contribution is 0.205. The maximum absolute atomic E-state index is 12.7. The zero-order valence-electron chi connectivity index (χ0n) is 17.3. The molecule has 0 bridgehead atoms. The first kappa shape index (κ1) is 19.7. The average Bonchev–Trinajstić information content (AvgIpc) is 3.26. The Kier molecular flexibility index (Phi) is 5.52. The van der Waals surface area contributed by atoms with Crippen LogP contribution >= 0.6 is 0 Å². The summed E-state index contributed by atoms with van der Waals surface area (Å²) >= 11 is 0. The topological polar surface area (TPSA) is 80.5 Å². The van der Waals surface area contributed by atoms with E-state index in [-0.39, 0.29) is 12.1 Å². The Labute approximate surface area is 175 Å². The molecule has 0 fully saturated rings. The normalized spacial score (nSPS) is 16.6. The number of ether oxygens (including phenoxy) is 1. The highest BCUT2D eigenvalue weighted by molar-refractivity contribution is 5.86. The molecule has 30 heavy (non-hydrogen) atoms. The predicted molar refractivity (Wildman–Crippen MR) is 114 cm³/mol. The van der Waals surface area contributed by atoms with Gasteiger partial charge in [0.1, 0.15) is 5.75 Å². The maximum Gasteiger partial charge on any atom is 0.322 e. The number of nitrogens with zero attached hydrogens (tertiary/aromatic N) is 3. The molecule has 0 saturated carbocycles. The largest absolute Gasteiger partial charge is 0.497 e. The predicted octanol–water partition coefficient (Wildman–Crippen LogP) is 4.65. The fraction of sp³-hybridized carbons (Fsp3) is 0.261. The number of carbonyl (C=O) groups excluding carboxylic acids is 1. The van der Waals surface area contributed by atoms with Crippen LogP contribution < -0.4 is 10.1 Å². The molecule has 7 nitrogen and oxygen atoms in total. The van der Waals surface area contributed by atoms with Crippen LogP contribution in [0.5, 0.6) is 5.75 Å². The molecule has 2 heterocycles. The third-order valence-electron chi connectivity index (χ3n) is 5.18. The van der Waals surface area contributed by atoms with Crippen LogP contribution in [0, 0.1) is 0 Å². The van der Waals surface area contributed by atoms with Crippen molar-refractivity contribution >= 4 is 11.6 Å². The van der Waals surface area contributed by atoms with Crippen molar-refractivity contribution in [2.45, 2.75) is 26.3 Å². The zero-order chi connectivity index (χ0) is 21.1. The van der Waals surface area contributed by atoms with Crippen molar-refractivity contribution in [2.24, 2.45) is 0 Å². The summed E-state index contributed by atoms with van der Waals surface area (Å²) in [4.78, 5) is 19.1. The molecule has 0 radical (unpaired) electrons. The summed E-state index contributed by atoms with van der Waals surface area (Å²) in [6, 6.07) is 16.8. The van der Waals surface area contributed by atoms with Crippen molar-refractivity contribution in [2.75, 3.05) is 13.7 Å². The van der Waals surface area contributed by atoms with E-state index in [4.69, 9.17) is 9.26 Å². The number of carbonyl (C=O) groups is 1. The van der Waals surface area contributed by atoms with Gasteiger partial charge in [0.2, 0.25) is 5.82 Å². The minimum absolute atomic E-state index is 0.123. The summed E-state index contributed by atoms with van der Waals surface area (Å²) < 4.78 is 10.9. The molecule has 7 heteroatoms. The number of amides is 2. The molecular formula is C23H24N4O3. The molecule has 1 aromatic heterocycles. The van der Waals surface area contributed by atoms with Gasteiger partial charge in [-0.2, -0.15) is 4.98 Å². The van der Waals surface area contributed by atoms with Crippen LogP contribution in [0.15, 0.2) is 64.8 Å². The summed E-state index contributed by atoms with van der Waals surface area (Å²) in [6.45, 7) is 4.58. The van der Waals surface area contributed by atoms with Crippen LogP contribution in [0.2, 0.25) is 0 Å². The molecule has 1 unspecified atom stereocenters. The van der Waals surface area contributed by atoms with Gasteiger partial charge >= 0.3 is 6.03 Å². The number of urea groups is 1. The second-order valence-electron chi connectivity index (χ2n) is 7.10.